The van der Waals surface area contributed by atoms with E-state index in [2.05, 4.69) is 0 Å². The number of hydrogen-bond acceptors (Lipinski definition) is 3. The first-order valence-corrected chi connectivity index (χ1v) is 5.10. The average Bonchev–Trinajstić information content (AvgIpc) is 2.73. The van der Waals surface area contributed by atoms with E-state index in [1.54, 1.807) is 13.8 Å². The summed E-state index contributed by atoms with van der Waals surface area (Å²) in [5, 5.41) is 0. The Hall–Kier alpha value is -0.860. The highest BCUT2D eigenvalue weighted by molar-refractivity contribution is 6.01. The lowest BCUT2D eigenvalue weighted by Gasteiger charge is -2.10. The molecular weight excluding hydrogens is 180 g/mol. The zero-order valence-corrected chi connectivity index (χ0v) is 9.29. The summed E-state index contributed by atoms with van der Waals surface area (Å²) < 4.78 is 4.81. The van der Waals surface area contributed by atoms with E-state index >= 15 is 0 Å². The molecule has 1 fully saturated rings. The van der Waals surface area contributed by atoms with E-state index in [1.807, 2.05) is 13.8 Å². The fourth-order valence-corrected chi connectivity index (χ4v) is 1.64. The molecule has 14 heavy (non-hydrogen) atoms. The predicted molar refractivity (Wildman–Crippen MR) is 52.7 cm³/mol. The number of esters is 1. The van der Waals surface area contributed by atoms with Gasteiger partial charge in [-0.05, 0) is 25.7 Å². The maximum absolute atomic E-state index is 11.7. The molecule has 2 atom stereocenters. The largest absolute Gasteiger partial charge is 0.465 e. The highest BCUT2D eigenvalue weighted by atomic mass is 16.5. The molecule has 1 aliphatic carbocycles. The molecule has 0 bridgehead atoms. The number of rotatable bonds is 4. The van der Waals surface area contributed by atoms with Crippen LogP contribution in [0.1, 0.15) is 34.1 Å². The van der Waals surface area contributed by atoms with Gasteiger partial charge in [-0.25, -0.2) is 0 Å². The monoisotopic (exact) mass is 198 g/mol. The quantitative estimate of drug-likeness (QED) is 0.511. The minimum Gasteiger partial charge on any atom is -0.465 e. The van der Waals surface area contributed by atoms with Gasteiger partial charge in [0, 0.05) is 5.92 Å². The van der Waals surface area contributed by atoms with Crippen molar-refractivity contribution in [3.63, 3.8) is 0 Å². The Morgan fingerprint density at radius 2 is 2.00 bits per heavy atom. The predicted octanol–water partition coefficient (Wildman–Crippen LogP) is 1.80. The number of ether oxygens (including phenoxy) is 1. The van der Waals surface area contributed by atoms with Crippen LogP contribution in [0.3, 0.4) is 0 Å². The van der Waals surface area contributed by atoms with Crippen molar-refractivity contribution in [2.24, 2.45) is 17.3 Å². The molecule has 3 heteroatoms. The van der Waals surface area contributed by atoms with Crippen LogP contribution in [0.4, 0.5) is 0 Å². The third kappa shape index (κ3) is 2.14. The lowest BCUT2D eigenvalue weighted by atomic mass is 9.98. The van der Waals surface area contributed by atoms with E-state index in [-0.39, 0.29) is 23.1 Å². The summed E-state index contributed by atoms with van der Waals surface area (Å²) in [4.78, 5) is 23.0. The molecule has 3 nitrogen and oxygen atoms in total. The van der Waals surface area contributed by atoms with Crippen molar-refractivity contribution in [1.82, 2.24) is 0 Å². The van der Waals surface area contributed by atoms with Crippen LogP contribution in [0.2, 0.25) is 0 Å². The summed E-state index contributed by atoms with van der Waals surface area (Å²) in [5.74, 6) is -0.891. The van der Waals surface area contributed by atoms with Gasteiger partial charge in [0.15, 0.2) is 0 Å². The fraction of sp³-hybridized carbons (Fsp3) is 0.818. The molecule has 2 unspecified atom stereocenters. The van der Waals surface area contributed by atoms with Gasteiger partial charge in [0.2, 0.25) is 0 Å². The Morgan fingerprint density at radius 1 is 1.50 bits per heavy atom. The van der Waals surface area contributed by atoms with Crippen LogP contribution in [0.5, 0.6) is 0 Å². The smallest absolute Gasteiger partial charge is 0.316 e. The molecule has 1 saturated carbocycles. The number of Topliss-reactive ketones (excluding diaryl/α,β-unsaturated/α-hetero) is 1. The third-order valence-corrected chi connectivity index (χ3v) is 2.92. The molecule has 0 radical (unpaired) electrons. The van der Waals surface area contributed by atoms with Crippen molar-refractivity contribution in [2.45, 2.75) is 34.1 Å². The molecule has 1 rings (SSSR count). The Kier molecular flexibility index (Phi) is 2.98. The number of carbonyl (C=O) groups excluding carboxylic acids is 2. The fourth-order valence-electron chi connectivity index (χ4n) is 1.64. The molecule has 0 aliphatic heterocycles. The molecule has 0 spiro atoms. The molecule has 0 aromatic carbocycles. The van der Waals surface area contributed by atoms with Crippen molar-refractivity contribution in [2.75, 3.05) is 6.61 Å². The van der Waals surface area contributed by atoms with Gasteiger partial charge in [-0.15, -0.1) is 0 Å². The summed E-state index contributed by atoms with van der Waals surface area (Å²) in [6.45, 7) is 7.82. The second-order valence-electron chi connectivity index (χ2n) is 4.62. The van der Waals surface area contributed by atoms with Crippen LogP contribution < -0.4 is 0 Å². The summed E-state index contributed by atoms with van der Waals surface area (Å²) in [6, 6.07) is 0. The zero-order valence-electron chi connectivity index (χ0n) is 9.29. The molecule has 1 aliphatic rings. The Bertz CT molecular complexity index is 255. The Balaban J connectivity index is 2.50. The van der Waals surface area contributed by atoms with Crippen LogP contribution in [0.25, 0.3) is 0 Å². The molecule has 0 aromatic heterocycles. The van der Waals surface area contributed by atoms with Crippen molar-refractivity contribution in [1.29, 1.82) is 0 Å². The minimum atomic E-state index is -0.596. The molecule has 0 N–H and O–H groups in total. The summed E-state index contributed by atoms with van der Waals surface area (Å²) >= 11 is 0. The average molecular weight is 198 g/mol. The van der Waals surface area contributed by atoms with Gasteiger partial charge in [-0.3, -0.25) is 9.59 Å². The van der Waals surface area contributed by atoms with Crippen molar-refractivity contribution < 1.29 is 14.3 Å². The molecule has 80 valence electrons. The van der Waals surface area contributed by atoms with E-state index in [4.69, 9.17) is 4.74 Å². The minimum absolute atomic E-state index is 0.0356. The maximum Gasteiger partial charge on any atom is 0.316 e. The van der Waals surface area contributed by atoms with Gasteiger partial charge in [0.25, 0.3) is 0 Å². The third-order valence-electron chi connectivity index (χ3n) is 2.92. The summed E-state index contributed by atoms with van der Waals surface area (Å²) in [5.41, 5.74) is 0.0951. The summed E-state index contributed by atoms with van der Waals surface area (Å²) in [7, 11) is 0. The Labute approximate surface area is 84.8 Å². The van der Waals surface area contributed by atoms with E-state index in [9.17, 15) is 9.59 Å². The van der Waals surface area contributed by atoms with E-state index in [0.29, 0.717) is 6.61 Å². The van der Waals surface area contributed by atoms with Crippen molar-refractivity contribution in [3.8, 4) is 0 Å². The first-order valence-electron chi connectivity index (χ1n) is 5.10. The lowest BCUT2D eigenvalue weighted by molar-refractivity contribution is -0.151. The molecule has 0 heterocycles. The van der Waals surface area contributed by atoms with Crippen molar-refractivity contribution in [3.05, 3.63) is 0 Å². The zero-order chi connectivity index (χ0) is 10.9. The SMILES string of the molecule is CCOC(=O)C(C)C(=O)C1CC1(C)C. The first kappa shape index (κ1) is 11.2. The highest BCUT2D eigenvalue weighted by Gasteiger charge is 2.52. The topological polar surface area (TPSA) is 43.4 Å². The molecule has 0 aromatic rings. The molecule has 0 amide bonds. The number of carbonyl (C=O) groups is 2. The van der Waals surface area contributed by atoms with E-state index in [1.165, 1.54) is 0 Å². The van der Waals surface area contributed by atoms with Crippen LogP contribution in [-0.2, 0) is 14.3 Å². The number of hydrogen-bond donors (Lipinski definition) is 0. The van der Waals surface area contributed by atoms with Crippen LogP contribution in [0.15, 0.2) is 0 Å². The van der Waals surface area contributed by atoms with Crippen LogP contribution in [-0.4, -0.2) is 18.4 Å². The second-order valence-corrected chi connectivity index (χ2v) is 4.62. The van der Waals surface area contributed by atoms with Gasteiger partial charge in [-0.1, -0.05) is 13.8 Å². The van der Waals surface area contributed by atoms with E-state index < -0.39 is 5.92 Å². The van der Waals surface area contributed by atoms with Gasteiger partial charge in [-0.2, -0.15) is 0 Å². The van der Waals surface area contributed by atoms with Crippen molar-refractivity contribution >= 4 is 11.8 Å². The highest BCUT2D eigenvalue weighted by Crippen LogP contribution is 2.53. The van der Waals surface area contributed by atoms with Gasteiger partial charge in [0.05, 0.1) is 6.61 Å². The number of ketones is 1. The molecule has 0 saturated heterocycles. The molecular formula is C11H18O3. The van der Waals surface area contributed by atoms with Crippen LogP contribution in [0, 0.1) is 17.3 Å². The van der Waals surface area contributed by atoms with E-state index in [0.717, 1.165) is 6.42 Å². The standard InChI is InChI=1S/C11H18O3/c1-5-14-10(13)7(2)9(12)8-6-11(8,3)4/h7-8H,5-6H2,1-4H3. The van der Waals surface area contributed by atoms with Crippen LogP contribution >= 0.6 is 0 Å². The normalized spacial score (nSPS) is 25.3. The van der Waals surface area contributed by atoms with Gasteiger partial charge < -0.3 is 4.74 Å². The first-order chi connectivity index (χ1) is 6.40. The Morgan fingerprint density at radius 3 is 2.36 bits per heavy atom. The maximum atomic E-state index is 11.7. The van der Waals surface area contributed by atoms with Gasteiger partial charge >= 0.3 is 5.97 Å². The van der Waals surface area contributed by atoms with Gasteiger partial charge in [0.1, 0.15) is 11.7 Å². The second kappa shape index (κ2) is 3.71. The summed E-state index contributed by atoms with van der Waals surface area (Å²) in [6.07, 6.45) is 0.898. The lowest BCUT2D eigenvalue weighted by Crippen LogP contribution is -2.25.